The van der Waals surface area contributed by atoms with Crippen LogP contribution in [0.1, 0.15) is 56.9 Å². The first kappa shape index (κ1) is 40.4. The number of carbonyl (C=O) groups excluding carboxylic acids is 2. The lowest BCUT2D eigenvalue weighted by atomic mass is 9.94. The first-order chi connectivity index (χ1) is 30.0. The van der Waals surface area contributed by atoms with Gasteiger partial charge in [-0.15, -0.1) is 0 Å². The molecule has 324 valence electrons. The molecular weight excluding hydrogens is 861 g/mol. The van der Waals surface area contributed by atoms with E-state index in [9.17, 15) is 35.9 Å². The standard InChI is InChI=1S/C42H32F8N10O2S/c43-21-11-19(12-22(44)15-21)13-30(52-32(61)18-60-36-33(35(57-60)42(48,49)50)24-16-26(24)41(36,46)47)34-23(20-5-6-27(45)25(14-20)37(51)62)17-31-38(55-34)56-40(63-31)59-9-7-58(8-10-59)39-53-28-3-1-2-4-29(28)54-39/h1-6,11-12,14-15,17,24,26,30H,7-10,13,16,18H2,(H2,51,62)(H,52,61)(H,53,54)/t24-,26+,30-/m0/s1. The molecule has 2 fully saturated rings. The highest BCUT2D eigenvalue weighted by Gasteiger charge is 2.68. The third kappa shape index (κ3) is 7.26. The van der Waals surface area contributed by atoms with Crippen LogP contribution in [0.2, 0.25) is 0 Å². The van der Waals surface area contributed by atoms with Crippen molar-refractivity contribution < 1.29 is 44.7 Å². The summed E-state index contributed by atoms with van der Waals surface area (Å²) in [6, 6.07) is 14.0. The van der Waals surface area contributed by atoms with Gasteiger partial charge in [-0.3, -0.25) is 14.3 Å². The fourth-order valence-corrected chi connectivity index (χ4v) is 9.73. The second kappa shape index (κ2) is 14.7. The van der Waals surface area contributed by atoms with Crippen LogP contribution in [0.5, 0.6) is 0 Å². The normalized spacial score (nSPS) is 18.5. The maximum absolute atomic E-state index is 15.4. The van der Waals surface area contributed by atoms with E-state index in [1.165, 1.54) is 23.5 Å². The number of para-hydroxylation sites is 2. The van der Waals surface area contributed by atoms with Gasteiger partial charge < -0.3 is 25.8 Å². The fraction of sp³-hybridized carbons (Fsp3) is 0.286. The molecule has 0 radical (unpaired) electrons. The molecule has 2 aliphatic carbocycles. The summed E-state index contributed by atoms with van der Waals surface area (Å²) in [5.41, 5.74) is 4.18. The monoisotopic (exact) mass is 892 g/mol. The summed E-state index contributed by atoms with van der Waals surface area (Å²) in [4.78, 5) is 48.1. The molecule has 63 heavy (non-hydrogen) atoms. The molecular formula is C42H32F8N10O2S. The molecule has 1 aliphatic heterocycles. The number of aromatic amines is 1. The van der Waals surface area contributed by atoms with E-state index < -0.39 is 88.3 Å². The third-order valence-corrected chi connectivity index (χ3v) is 12.7. The number of alkyl halides is 5. The second-order valence-electron chi connectivity index (χ2n) is 15.8. The van der Waals surface area contributed by atoms with Crippen LogP contribution in [0.3, 0.4) is 0 Å². The van der Waals surface area contributed by atoms with E-state index in [0.717, 1.165) is 35.2 Å². The molecule has 12 nitrogen and oxygen atoms in total. The Morgan fingerprint density at radius 3 is 2.38 bits per heavy atom. The van der Waals surface area contributed by atoms with Crippen molar-refractivity contribution in [3.05, 3.63) is 118 Å². The van der Waals surface area contributed by atoms with E-state index in [2.05, 4.69) is 20.3 Å². The van der Waals surface area contributed by atoms with Crippen LogP contribution in [0.25, 0.3) is 32.5 Å². The van der Waals surface area contributed by atoms with E-state index in [1.54, 1.807) is 6.07 Å². The lowest BCUT2D eigenvalue weighted by Crippen LogP contribution is -2.46. The highest BCUT2D eigenvalue weighted by Crippen LogP contribution is 2.68. The van der Waals surface area contributed by atoms with E-state index in [1.807, 2.05) is 29.2 Å². The van der Waals surface area contributed by atoms with Gasteiger partial charge >= 0.3 is 6.18 Å². The van der Waals surface area contributed by atoms with Crippen LogP contribution in [-0.2, 0) is 29.9 Å². The molecule has 0 unspecified atom stereocenters. The zero-order chi connectivity index (χ0) is 44.1. The lowest BCUT2D eigenvalue weighted by molar-refractivity contribution is -0.142. The quantitative estimate of drug-likeness (QED) is 0.119. The Morgan fingerprint density at radius 2 is 1.67 bits per heavy atom. The van der Waals surface area contributed by atoms with Crippen molar-refractivity contribution in [2.24, 2.45) is 11.7 Å². The molecule has 1 saturated carbocycles. The van der Waals surface area contributed by atoms with Crippen molar-refractivity contribution in [3.8, 4) is 11.1 Å². The molecule has 3 atom stereocenters. The van der Waals surface area contributed by atoms with Gasteiger partial charge in [0.05, 0.1) is 33.0 Å². The number of hydrogen-bond acceptors (Lipinski definition) is 9. The number of rotatable bonds is 10. The van der Waals surface area contributed by atoms with Crippen molar-refractivity contribution in [1.82, 2.24) is 35.0 Å². The van der Waals surface area contributed by atoms with Crippen molar-refractivity contribution >= 4 is 55.6 Å². The highest BCUT2D eigenvalue weighted by atomic mass is 32.1. The Labute approximate surface area is 354 Å². The number of H-pyrrole nitrogens is 1. The summed E-state index contributed by atoms with van der Waals surface area (Å²) < 4.78 is 118. The zero-order valence-electron chi connectivity index (χ0n) is 32.5. The summed E-state index contributed by atoms with van der Waals surface area (Å²) in [6.45, 7) is 1.16. The molecule has 1 saturated heterocycles. The van der Waals surface area contributed by atoms with Crippen LogP contribution in [0.15, 0.2) is 66.7 Å². The Hall–Kier alpha value is -6.64. The smallest absolute Gasteiger partial charge is 0.366 e. The number of benzene rings is 3. The average Bonchev–Trinajstić information content (AvgIpc) is 3.47. The molecule has 4 N–H and O–H groups in total. The fourth-order valence-electron chi connectivity index (χ4n) is 8.73. The SMILES string of the molecule is NC(=O)c1cc(-c2cc3sc(N4CCN(c5nc6ccccc6[nH]5)CC4)nc3nc2[C@H](Cc2cc(F)cc(F)c2)NC(=O)Cn2nc(C(F)(F)F)c3c2C(F)(F)[C@@H]2C[C@H]32)ccc1F. The van der Waals surface area contributed by atoms with Crippen LogP contribution in [0, 0.1) is 23.4 Å². The number of fused-ring (bicyclic) bond motifs is 5. The number of hydrogen-bond donors (Lipinski definition) is 3. The van der Waals surface area contributed by atoms with E-state index in [4.69, 9.17) is 20.7 Å². The number of nitrogens with two attached hydrogens (primary N) is 1. The summed E-state index contributed by atoms with van der Waals surface area (Å²) >= 11 is 1.27. The van der Waals surface area contributed by atoms with Gasteiger partial charge in [0.25, 0.3) is 11.8 Å². The number of primary amides is 1. The number of nitrogens with zero attached hydrogens (tertiary/aromatic N) is 7. The Morgan fingerprint density at radius 1 is 0.937 bits per heavy atom. The number of thiazole rings is 1. The summed E-state index contributed by atoms with van der Waals surface area (Å²) in [6.07, 6.45) is -5.62. The van der Waals surface area contributed by atoms with Crippen LogP contribution in [0.4, 0.5) is 46.2 Å². The number of carbonyl (C=O) groups is 2. The van der Waals surface area contributed by atoms with Gasteiger partial charge in [-0.25, -0.2) is 23.1 Å². The van der Waals surface area contributed by atoms with Gasteiger partial charge in [0.1, 0.15) is 29.7 Å². The van der Waals surface area contributed by atoms with Gasteiger partial charge in [-0.1, -0.05) is 29.5 Å². The van der Waals surface area contributed by atoms with Gasteiger partial charge in [-0.05, 0) is 72.4 Å². The number of imidazole rings is 1. The number of halogens is 8. The molecule has 2 amide bonds. The van der Waals surface area contributed by atoms with E-state index >= 15 is 8.78 Å². The zero-order valence-corrected chi connectivity index (χ0v) is 33.3. The van der Waals surface area contributed by atoms with Crippen LogP contribution < -0.4 is 20.9 Å². The number of anilines is 2. The number of nitrogens with one attached hydrogen (secondary N) is 2. The molecule has 5 heterocycles. The minimum atomic E-state index is -5.08. The second-order valence-corrected chi connectivity index (χ2v) is 16.8. The van der Waals surface area contributed by atoms with Crippen molar-refractivity contribution in [1.29, 1.82) is 0 Å². The van der Waals surface area contributed by atoms with Crippen molar-refractivity contribution in [3.63, 3.8) is 0 Å². The van der Waals surface area contributed by atoms with Gasteiger partial charge in [0.15, 0.2) is 16.5 Å². The number of pyridine rings is 1. The first-order valence-electron chi connectivity index (χ1n) is 19.7. The van der Waals surface area contributed by atoms with E-state index in [0.29, 0.717) is 46.8 Å². The maximum atomic E-state index is 15.4. The van der Waals surface area contributed by atoms with Crippen LogP contribution in [-0.4, -0.2) is 67.7 Å². The molecule has 0 bridgehead atoms. The molecule has 0 spiro atoms. The Balaban J connectivity index is 1.03. The van der Waals surface area contributed by atoms with E-state index in [-0.39, 0.29) is 40.9 Å². The third-order valence-electron chi connectivity index (χ3n) is 11.7. The topological polar surface area (TPSA) is 151 Å². The predicted octanol–water partition coefficient (Wildman–Crippen LogP) is 7.60. The van der Waals surface area contributed by atoms with Crippen molar-refractivity contribution in [2.45, 2.75) is 43.4 Å². The molecule has 3 aliphatic rings. The number of aromatic nitrogens is 6. The predicted molar refractivity (Wildman–Crippen MR) is 215 cm³/mol. The lowest BCUT2D eigenvalue weighted by Gasteiger charge is -2.34. The minimum Gasteiger partial charge on any atom is -0.366 e. The molecule has 4 aromatic heterocycles. The molecule has 7 aromatic rings. The van der Waals surface area contributed by atoms with Gasteiger partial charge in [0.2, 0.25) is 11.9 Å². The average molecular weight is 893 g/mol. The Bertz CT molecular complexity index is 2940. The van der Waals surface area contributed by atoms with Crippen LogP contribution >= 0.6 is 11.3 Å². The first-order valence-corrected chi connectivity index (χ1v) is 20.5. The van der Waals surface area contributed by atoms with Crippen molar-refractivity contribution in [2.75, 3.05) is 36.0 Å². The number of amides is 2. The Kier molecular flexibility index (Phi) is 9.46. The van der Waals surface area contributed by atoms with Gasteiger partial charge in [-0.2, -0.15) is 32.0 Å². The van der Waals surface area contributed by atoms with Gasteiger partial charge in [0, 0.05) is 49.3 Å². The largest absolute Gasteiger partial charge is 0.435 e. The summed E-state index contributed by atoms with van der Waals surface area (Å²) in [5, 5.41) is 6.66. The number of piperazine rings is 1. The highest BCUT2D eigenvalue weighted by molar-refractivity contribution is 7.22. The molecule has 3 aromatic carbocycles. The minimum absolute atomic E-state index is 0.00910. The molecule has 21 heteroatoms. The maximum Gasteiger partial charge on any atom is 0.435 e. The summed E-state index contributed by atoms with van der Waals surface area (Å²) in [5.74, 6) is -10.4. The summed E-state index contributed by atoms with van der Waals surface area (Å²) in [7, 11) is 0. The molecule has 10 rings (SSSR count).